The van der Waals surface area contributed by atoms with Crippen LogP contribution in [-0.2, 0) is 22.4 Å². The van der Waals surface area contributed by atoms with Gasteiger partial charge in [-0.1, -0.05) is 56.7 Å². The minimum Gasteiger partial charge on any atom is -0.452 e. The van der Waals surface area contributed by atoms with Crippen LogP contribution in [-0.4, -0.2) is 23.5 Å². The normalized spacial score (nSPS) is 15.7. The first-order chi connectivity index (χ1) is 15.6. The fourth-order valence-corrected chi connectivity index (χ4v) is 4.70. The third-order valence-corrected chi connectivity index (χ3v) is 6.68. The number of esters is 1. The van der Waals surface area contributed by atoms with Gasteiger partial charge in [0, 0.05) is 16.8 Å². The number of aromatic nitrogens is 1. The van der Waals surface area contributed by atoms with Gasteiger partial charge in [-0.15, -0.1) is 0 Å². The molecule has 1 aliphatic carbocycles. The Balaban J connectivity index is 1.59. The number of rotatable bonds is 4. The quantitative estimate of drug-likeness (QED) is 0.517. The molecule has 0 spiro atoms. The maximum absolute atomic E-state index is 13.3. The van der Waals surface area contributed by atoms with Gasteiger partial charge in [-0.3, -0.25) is 9.78 Å². The Labute approximate surface area is 195 Å². The van der Waals surface area contributed by atoms with Crippen molar-refractivity contribution >= 4 is 28.5 Å². The fraction of sp³-hybridized carbons (Fsp3) is 0.393. The molecule has 1 atom stereocenters. The minimum atomic E-state index is -0.463. The Kier molecular flexibility index (Phi) is 6.24. The Morgan fingerprint density at radius 1 is 1.12 bits per heavy atom. The van der Waals surface area contributed by atoms with E-state index in [1.54, 1.807) is 0 Å². The van der Waals surface area contributed by atoms with Gasteiger partial charge in [-0.25, -0.2) is 4.79 Å². The molecule has 0 saturated heterocycles. The summed E-state index contributed by atoms with van der Waals surface area (Å²) in [6.45, 7) is 10.3. The largest absolute Gasteiger partial charge is 0.452 e. The van der Waals surface area contributed by atoms with Crippen molar-refractivity contribution in [3.8, 4) is 0 Å². The molecule has 0 bridgehead atoms. The Morgan fingerprint density at radius 3 is 2.61 bits per heavy atom. The summed E-state index contributed by atoms with van der Waals surface area (Å²) in [5, 5.41) is 3.63. The molecule has 0 radical (unpaired) electrons. The second-order valence-electron chi connectivity index (χ2n) is 10.2. The van der Waals surface area contributed by atoms with Crippen LogP contribution in [0.3, 0.4) is 0 Å². The highest BCUT2D eigenvalue weighted by molar-refractivity contribution is 6.06. The maximum Gasteiger partial charge on any atom is 0.339 e. The summed E-state index contributed by atoms with van der Waals surface area (Å²) in [6.07, 6.45) is 2.68. The van der Waals surface area contributed by atoms with E-state index in [-0.39, 0.29) is 17.9 Å². The number of carbonyl (C=O) groups excluding carboxylic acids is 2. The zero-order valence-corrected chi connectivity index (χ0v) is 20.1. The Bertz CT molecular complexity index is 1220. The van der Waals surface area contributed by atoms with Crippen LogP contribution in [0.1, 0.15) is 59.9 Å². The van der Waals surface area contributed by atoms with E-state index < -0.39 is 5.97 Å². The molecule has 1 aromatic heterocycles. The summed E-state index contributed by atoms with van der Waals surface area (Å²) in [6, 6.07) is 13.5. The number of anilines is 1. The predicted molar refractivity (Wildman–Crippen MR) is 132 cm³/mol. The number of benzene rings is 2. The highest BCUT2D eigenvalue weighted by atomic mass is 16.5. The number of ether oxygens (including phenoxy) is 1. The van der Waals surface area contributed by atoms with Crippen molar-refractivity contribution in [2.24, 2.45) is 11.3 Å². The first kappa shape index (κ1) is 23.0. The van der Waals surface area contributed by atoms with Crippen LogP contribution in [0.25, 0.3) is 10.9 Å². The number of nitrogens with zero attached hydrogens (tertiary/aromatic N) is 1. The topological polar surface area (TPSA) is 68.3 Å². The van der Waals surface area contributed by atoms with E-state index in [0.29, 0.717) is 11.5 Å². The molecule has 1 N–H and O–H groups in total. The SMILES string of the molecule is Cc1ccc(NC(=O)COC(=O)c2c3c(nc4ccccc24)CCC(C(C)(C)C)C3)c(C)c1. The monoisotopic (exact) mass is 444 g/mol. The summed E-state index contributed by atoms with van der Waals surface area (Å²) < 4.78 is 5.54. The number of carbonyl (C=O) groups is 2. The zero-order chi connectivity index (χ0) is 23.8. The minimum absolute atomic E-state index is 0.135. The van der Waals surface area contributed by atoms with Gasteiger partial charge >= 0.3 is 5.97 Å². The second-order valence-corrected chi connectivity index (χ2v) is 10.2. The number of pyridine rings is 1. The van der Waals surface area contributed by atoms with Crippen LogP contribution in [0.4, 0.5) is 5.69 Å². The van der Waals surface area contributed by atoms with Crippen molar-refractivity contribution in [1.29, 1.82) is 0 Å². The molecule has 1 aliphatic rings. The maximum atomic E-state index is 13.3. The number of para-hydroxylation sites is 1. The van der Waals surface area contributed by atoms with Crippen LogP contribution in [0, 0.1) is 25.2 Å². The van der Waals surface area contributed by atoms with Gasteiger partial charge in [0.1, 0.15) is 0 Å². The molecular formula is C28H32N2O3. The van der Waals surface area contributed by atoms with E-state index in [4.69, 9.17) is 9.72 Å². The number of fused-ring (bicyclic) bond motifs is 2. The lowest BCUT2D eigenvalue weighted by atomic mass is 9.70. The smallest absolute Gasteiger partial charge is 0.339 e. The molecule has 172 valence electrons. The van der Waals surface area contributed by atoms with Crippen molar-refractivity contribution in [3.63, 3.8) is 0 Å². The molecule has 1 unspecified atom stereocenters. The molecule has 5 nitrogen and oxygen atoms in total. The van der Waals surface area contributed by atoms with Crippen molar-refractivity contribution in [2.45, 2.75) is 53.9 Å². The molecule has 4 rings (SSSR count). The van der Waals surface area contributed by atoms with Crippen LogP contribution in [0.5, 0.6) is 0 Å². The molecule has 0 saturated carbocycles. The molecule has 33 heavy (non-hydrogen) atoms. The summed E-state index contributed by atoms with van der Waals surface area (Å²) >= 11 is 0. The summed E-state index contributed by atoms with van der Waals surface area (Å²) in [5.41, 5.74) is 6.25. The summed E-state index contributed by atoms with van der Waals surface area (Å²) in [4.78, 5) is 30.7. The van der Waals surface area contributed by atoms with Gasteiger partial charge in [0.15, 0.2) is 6.61 Å². The number of amides is 1. The van der Waals surface area contributed by atoms with Gasteiger partial charge in [-0.05, 0) is 67.7 Å². The van der Waals surface area contributed by atoms with Gasteiger partial charge in [0.25, 0.3) is 5.91 Å². The number of hydrogen-bond donors (Lipinski definition) is 1. The van der Waals surface area contributed by atoms with Crippen LogP contribution in [0.2, 0.25) is 0 Å². The van der Waals surface area contributed by atoms with Crippen molar-refractivity contribution in [2.75, 3.05) is 11.9 Å². The van der Waals surface area contributed by atoms with E-state index in [9.17, 15) is 9.59 Å². The Morgan fingerprint density at radius 2 is 1.88 bits per heavy atom. The lowest BCUT2D eigenvalue weighted by Crippen LogP contribution is -2.29. The van der Waals surface area contributed by atoms with E-state index in [0.717, 1.165) is 58.2 Å². The molecule has 5 heteroatoms. The predicted octanol–water partition coefficient (Wildman–Crippen LogP) is 5.80. The molecule has 1 heterocycles. The third kappa shape index (κ3) is 4.92. The highest BCUT2D eigenvalue weighted by Gasteiger charge is 2.33. The third-order valence-electron chi connectivity index (χ3n) is 6.68. The molecule has 3 aromatic rings. The summed E-state index contributed by atoms with van der Waals surface area (Å²) in [7, 11) is 0. The summed E-state index contributed by atoms with van der Waals surface area (Å²) in [5.74, 6) is -0.363. The number of aryl methyl sites for hydroxylation is 3. The lowest BCUT2D eigenvalue weighted by Gasteiger charge is -2.35. The second kappa shape index (κ2) is 8.97. The van der Waals surface area contributed by atoms with Crippen molar-refractivity contribution in [1.82, 2.24) is 4.98 Å². The van der Waals surface area contributed by atoms with Crippen LogP contribution >= 0.6 is 0 Å². The fourth-order valence-electron chi connectivity index (χ4n) is 4.70. The van der Waals surface area contributed by atoms with E-state index >= 15 is 0 Å². The van der Waals surface area contributed by atoms with Crippen molar-refractivity contribution < 1.29 is 14.3 Å². The molecular weight excluding hydrogens is 412 g/mol. The van der Waals surface area contributed by atoms with Crippen LogP contribution in [0.15, 0.2) is 42.5 Å². The highest BCUT2D eigenvalue weighted by Crippen LogP contribution is 2.39. The lowest BCUT2D eigenvalue weighted by molar-refractivity contribution is -0.119. The van der Waals surface area contributed by atoms with Gasteiger partial charge < -0.3 is 10.1 Å². The zero-order valence-electron chi connectivity index (χ0n) is 20.1. The van der Waals surface area contributed by atoms with E-state index in [2.05, 4.69) is 26.1 Å². The average molecular weight is 445 g/mol. The van der Waals surface area contributed by atoms with E-state index in [1.807, 2.05) is 56.3 Å². The molecule has 0 fully saturated rings. The van der Waals surface area contributed by atoms with Gasteiger partial charge in [0.05, 0.1) is 11.1 Å². The standard InChI is InChI=1S/C28H32N2O3/c1-17-10-12-22(18(2)14-17)30-25(31)16-33-27(32)26-20-8-6-7-9-23(20)29-24-13-11-19(15-21(24)26)28(3,4)5/h6-10,12,14,19H,11,13,15-16H2,1-5H3,(H,30,31). The van der Waals surface area contributed by atoms with Crippen molar-refractivity contribution in [3.05, 3.63) is 70.4 Å². The number of nitrogens with one attached hydrogen (secondary N) is 1. The van der Waals surface area contributed by atoms with Crippen LogP contribution < -0.4 is 5.32 Å². The molecule has 1 amide bonds. The van der Waals surface area contributed by atoms with E-state index in [1.165, 1.54) is 0 Å². The van der Waals surface area contributed by atoms with Gasteiger partial charge in [0.2, 0.25) is 0 Å². The Hall–Kier alpha value is -3.21. The molecule has 0 aliphatic heterocycles. The van der Waals surface area contributed by atoms with Gasteiger partial charge in [-0.2, -0.15) is 0 Å². The first-order valence-corrected chi connectivity index (χ1v) is 11.6. The number of hydrogen-bond acceptors (Lipinski definition) is 4. The first-order valence-electron chi connectivity index (χ1n) is 11.6. The average Bonchev–Trinajstić information content (AvgIpc) is 2.76. The molecule has 2 aromatic carbocycles.